The molecular weight excluding hydrogens is 396 g/mol. The van der Waals surface area contributed by atoms with Gasteiger partial charge in [-0.25, -0.2) is 4.79 Å². The zero-order chi connectivity index (χ0) is 21.9. The zero-order valence-corrected chi connectivity index (χ0v) is 18.1. The molecule has 1 aliphatic rings. The molecule has 0 unspecified atom stereocenters. The van der Waals surface area contributed by atoms with E-state index in [1.54, 1.807) is 0 Å². The third-order valence-corrected chi connectivity index (χ3v) is 6.62. The molecule has 3 nitrogen and oxygen atoms in total. The summed E-state index contributed by atoms with van der Waals surface area (Å²) in [6, 6.07) is 25.5. The molecule has 0 amide bonds. The van der Waals surface area contributed by atoms with E-state index >= 15 is 0 Å². The lowest BCUT2D eigenvalue weighted by atomic mass is 9.84. The third kappa shape index (κ3) is 4.03. The number of fused-ring (bicyclic) bond motifs is 2. The van der Waals surface area contributed by atoms with Gasteiger partial charge in [-0.3, -0.25) is 4.79 Å². The van der Waals surface area contributed by atoms with Gasteiger partial charge in [0.15, 0.2) is 12.4 Å². The van der Waals surface area contributed by atoms with Crippen LogP contribution in [0, 0.1) is 0 Å². The van der Waals surface area contributed by atoms with Crippen molar-refractivity contribution in [2.75, 3.05) is 6.61 Å². The second-order valence-electron chi connectivity index (χ2n) is 8.65. The van der Waals surface area contributed by atoms with Crippen molar-refractivity contribution >= 4 is 33.3 Å². The number of rotatable bonds is 5. The Bertz CT molecular complexity index is 1230. The van der Waals surface area contributed by atoms with Crippen molar-refractivity contribution in [1.82, 2.24) is 0 Å². The molecule has 32 heavy (non-hydrogen) atoms. The molecule has 0 atom stereocenters. The number of carbonyl (C=O) groups is 2. The van der Waals surface area contributed by atoms with Gasteiger partial charge in [0, 0.05) is 5.56 Å². The van der Waals surface area contributed by atoms with Crippen molar-refractivity contribution in [3.63, 3.8) is 0 Å². The summed E-state index contributed by atoms with van der Waals surface area (Å²) in [5.41, 5.74) is 2.40. The Morgan fingerprint density at radius 1 is 0.750 bits per heavy atom. The number of hydrogen-bond acceptors (Lipinski definition) is 3. The van der Waals surface area contributed by atoms with Gasteiger partial charge < -0.3 is 4.74 Å². The van der Waals surface area contributed by atoms with Crippen LogP contribution in [0.3, 0.4) is 0 Å². The number of benzene rings is 4. The first kappa shape index (κ1) is 20.4. The van der Waals surface area contributed by atoms with E-state index in [-0.39, 0.29) is 12.4 Å². The van der Waals surface area contributed by atoms with E-state index in [9.17, 15) is 9.59 Å². The number of ketones is 1. The van der Waals surface area contributed by atoms with E-state index in [1.165, 1.54) is 37.7 Å². The molecule has 0 spiro atoms. The lowest BCUT2D eigenvalue weighted by Crippen LogP contribution is -2.15. The Balaban J connectivity index is 1.34. The maximum absolute atomic E-state index is 13.1. The molecule has 1 aliphatic carbocycles. The second kappa shape index (κ2) is 8.96. The molecule has 0 radical (unpaired) electrons. The maximum atomic E-state index is 13.1. The molecule has 1 fully saturated rings. The van der Waals surface area contributed by atoms with Crippen LogP contribution in [0.1, 0.15) is 64.3 Å². The van der Waals surface area contributed by atoms with Gasteiger partial charge in [-0.15, -0.1) is 0 Å². The minimum Gasteiger partial charge on any atom is -0.454 e. The van der Waals surface area contributed by atoms with Crippen LogP contribution in [-0.2, 0) is 4.74 Å². The molecule has 0 saturated heterocycles. The summed E-state index contributed by atoms with van der Waals surface area (Å²) in [4.78, 5) is 25.8. The molecule has 5 rings (SSSR count). The number of ether oxygens (including phenoxy) is 1. The van der Waals surface area contributed by atoms with Gasteiger partial charge in [-0.2, -0.15) is 0 Å². The average molecular weight is 423 g/mol. The summed E-state index contributed by atoms with van der Waals surface area (Å²) >= 11 is 0. The first-order valence-electron chi connectivity index (χ1n) is 11.4. The van der Waals surface area contributed by atoms with E-state index < -0.39 is 5.97 Å². The molecule has 4 aromatic rings. The fourth-order valence-corrected chi connectivity index (χ4v) is 4.90. The highest BCUT2D eigenvalue weighted by Gasteiger charge is 2.19. The Morgan fingerprint density at radius 3 is 1.97 bits per heavy atom. The van der Waals surface area contributed by atoms with Crippen LogP contribution < -0.4 is 0 Å². The van der Waals surface area contributed by atoms with E-state index in [1.807, 2.05) is 60.7 Å². The number of Topliss-reactive ketones (excluding diaryl/α,β-unsaturated/α-hetero) is 1. The SMILES string of the molecule is O=C(COC(=O)c1c2ccccc2cc2ccccc12)c1ccc(C2CCCCC2)cc1. The van der Waals surface area contributed by atoms with Gasteiger partial charge in [0.1, 0.15) is 0 Å². The molecule has 3 heteroatoms. The molecule has 0 aliphatic heterocycles. The Morgan fingerprint density at radius 2 is 1.34 bits per heavy atom. The molecule has 0 bridgehead atoms. The molecule has 1 saturated carbocycles. The number of hydrogen-bond donors (Lipinski definition) is 0. The zero-order valence-electron chi connectivity index (χ0n) is 18.1. The molecule has 0 heterocycles. The smallest absolute Gasteiger partial charge is 0.339 e. The topological polar surface area (TPSA) is 43.4 Å². The van der Waals surface area contributed by atoms with Crippen molar-refractivity contribution in [2.24, 2.45) is 0 Å². The first-order chi connectivity index (χ1) is 15.7. The minimum absolute atomic E-state index is 0.182. The largest absolute Gasteiger partial charge is 0.454 e. The van der Waals surface area contributed by atoms with Crippen LogP contribution in [0.5, 0.6) is 0 Å². The highest BCUT2D eigenvalue weighted by molar-refractivity contribution is 6.17. The second-order valence-corrected chi connectivity index (χ2v) is 8.65. The molecule has 0 N–H and O–H groups in total. The van der Waals surface area contributed by atoms with Crippen LogP contribution in [0.15, 0.2) is 78.9 Å². The summed E-state index contributed by atoms with van der Waals surface area (Å²) in [5, 5.41) is 3.62. The van der Waals surface area contributed by atoms with Gasteiger partial charge in [0.25, 0.3) is 0 Å². The lowest BCUT2D eigenvalue weighted by molar-refractivity contribution is 0.0478. The van der Waals surface area contributed by atoms with Crippen molar-refractivity contribution in [3.05, 3.63) is 95.6 Å². The lowest BCUT2D eigenvalue weighted by Gasteiger charge is -2.22. The van der Waals surface area contributed by atoms with Crippen LogP contribution in [-0.4, -0.2) is 18.4 Å². The highest BCUT2D eigenvalue weighted by Crippen LogP contribution is 2.33. The van der Waals surface area contributed by atoms with Gasteiger partial charge in [0.2, 0.25) is 0 Å². The van der Waals surface area contributed by atoms with Crippen LogP contribution in [0.4, 0.5) is 0 Å². The van der Waals surface area contributed by atoms with Crippen molar-refractivity contribution in [2.45, 2.75) is 38.0 Å². The average Bonchev–Trinajstić information content (AvgIpc) is 2.86. The molecular formula is C29H26O3. The van der Waals surface area contributed by atoms with E-state index in [0.29, 0.717) is 17.0 Å². The van der Waals surface area contributed by atoms with Crippen LogP contribution in [0.2, 0.25) is 0 Å². The fraction of sp³-hybridized carbons (Fsp3) is 0.241. The Labute approximate surface area is 188 Å². The number of esters is 1. The normalized spacial score (nSPS) is 14.5. The fourth-order valence-electron chi connectivity index (χ4n) is 4.90. The summed E-state index contributed by atoms with van der Waals surface area (Å²) in [7, 11) is 0. The molecule has 160 valence electrons. The Hall–Kier alpha value is -3.46. The van der Waals surface area contributed by atoms with Crippen LogP contribution in [0.25, 0.3) is 21.5 Å². The van der Waals surface area contributed by atoms with Crippen molar-refractivity contribution in [1.29, 1.82) is 0 Å². The first-order valence-corrected chi connectivity index (χ1v) is 11.4. The molecule has 0 aromatic heterocycles. The summed E-state index contributed by atoms with van der Waals surface area (Å²) < 4.78 is 5.52. The van der Waals surface area contributed by atoms with Gasteiger partial charge in [0.05, 0.1) is 5.56 Å². The maximum Gasteiger partial charge on any atom is 0.339 e. The standard InChI is InChI=1S/C29H26O3/c30-27(22-16-14-21(15-17-22)20-8-2-1-3-9-20)19-32-29(31)28-25-12-6-4-10-23(25)18-24-11-5-7-13-26(24)28/h4-7,10-18,20H,1-3,8-9,19H2. The summed E-state index contributed by atoms with van der Waals surface area (Å²) in [6.45, 7) is -0.265. The third-order valence-electron chi connectivity index (χ3n) is 6.62. The van der Waals surface area contributed by atoms with Crippen molar-refractivity contribution < 1.29 is 14.3 Å². The monoisotopic (exact) mass is 422 g/mol. The Kier molecular flexibility index (Phi) is 5.72. The number of carbonyl (C=O) groups excluding carboxylic acids is 2. The predicted molar refractivity (Wildman–Crippen MR) is 128 cm³/mol. The van der Waals surface area contributed by atoms with Gasteiger partial charge in [-0.1, -0.05) is 92.1 Å². The summed E-state index contributed by atoms with van der Waals surface area (Å²) in [5.74, 6) is -0.0476. The minimum atomic E-state index is -0.467. The highest BCUT2D eigenvalue weighted by atomic mass is 16.5. The summed E-state index contributed by atoms with van der Waals surface area (Å²) in [6.07, 6.45) is 6.34. The van der Waals surface area contributed by atoms with E-state index in [2.05, 4.69) is 18.2 Å². The van der Waals surface area contributed by atoms with Crippen LogP contribution >= 0.6 is 0 Å². The predicted octanol–water partition coefficient (Wildman–Crippen LogP) is 7.08. The van der Waals surface area contributed by atoms with Gasteiger partial charge >= 0.3 is 5.97 Å². The van der Waals surface area contributed by atoms with E-state index in [0.717, 1.165) is 21.5 Å². The molecule has 4 aromatic carbocycles. The van der Waals surface area contributed by atoms with E-state index in [4.69, 9.17) is 4.74 Å². The van der Waals surface area contributed by atoms with Gasteiger partial charge in [-0.05, 0) is 51.9 Å². The quantitative estimate of drug-likeness (QED) is 0.196. The van der Waals surface area contributed by atoms with Crippen molar-refractivity contribution in [3.8, 4) is 0 Å².